The molecule has 29 heavy (non-hydrogen) atoms. The second-order valence-corrected chi connectivity index (χ2v) is 9.17. The molecule has 1 amide bonds. The number of amides is 1. The van der Waals surface area contributed by atoms with Crippen molar-refractivity contribution in [1.29, 1.82) is 0 Å². The van der Waals surface area contributed by atoms with Gasteiger partial charge in [-0.15, -0.1) is 0 Å². The van der Waals surface area contributed by atoms with Gasteiger partial charge in [0.1, 0.15) is 0 Å². The molecule has 0 heterocycles. The Morgan fingerprint density at radius 3 is 2.31 bits per heavy atom. The summed E-state index contributed by atoms with van der Waals surface area (Å²) in [6.07, 6.45) is -1.11. The molecule has 0 aliphatic rings. The summed E-state index contributed by atoms with van der Waals surface area (Å²) in [4.78, 5) is 12.6. The largest absolute Gasteiger partial charge is 0.412 e. The number of hydrogen-bond acceptors (Lipinski definition) is 4. The number of carbonyl (C=O) groups excluding carboxylic acids is 1. The van der Waals surface area contributed by atoms with E-state index in [1.165, 1.54) is 0 Å². The molecule has 0 fully saturated rings. The summed E-state index contributed by atoms with van der Waals surface area (Å²) in [5.74, 6) is -0.685. The molecule has 1 rings (SSSR count). The number of alkyl halides is 3. The van der Waals surface area contributed by atoms with Crippen molar-refractivity contribution in [2.45, 2.75) is 64.8 Å². The number of benzene rings is 1. The maximum Gasteiger partial charge on any atom is 0.412 e. The summed E-state index contributed by atoms with van der Waals surface area (Å²) < 4.78 is 41.3. The molecule has 0 bridgehead atoms. The lowest BCUT2D eigenvalue weighted by Gasteiger charge is -2.15. The molecule has 1 aromatic rings. The lowest BCUT2D eigenvalue weighted by atomic mass is 10.0. The molecule has 0 radical (unpaired) electrons. The predicted molar refractivity (Wildman–Crippen MR) is 120 cm³/mol. The van der Waals surface area contributed by atoms with Gasteiger partial charge in [0.2, 0.25) is 5.91 Å². The third kappa shape index (κ3) is 9.67. The molecule has 1 unspecified atom stereocenters. The molecule has 3 nitrogen and oxygen atoms in total. The van der Waals surface area contributed by atoms with Gasteiger partial charge in [0.25, 0.3) is 0 Å². The van der Waals surface area contributed by atoms with Crippen LogP contribution in [-0.4, -0.2) is 17.3 Å². The van der Waals surface area contributed by atoms with Crippen molar-refractivity contribution in [1.82, 2.24) is 5.32 Å². The number of rotatable bonds is 10. The van der Waals surface area contributed by atoms with E-state index in [9.17, 15) is 18.0 Å². The lowest BCUT2D eigenvalue weighted by molar-refractivity contribution is -0.121. The quantitative estimate of drug-likeness (QED) is 0.372. The zero-order valence-corrected chi connectivity index (χ0v) is 19.0. The Morgan fingerprint density at radius 1 is 1.17 bits per heavy atom. The number of unbranched alkanes of at least 4 members (excludes halogenated alkanes) is 1. The van der Waals surface area contributed by atoms with E-state index < -0.39 is 17.7 Å². The molecule has 1 atom stereocenters. The van der Waals surface area contributed by atoms with Crippen LogP contribution in [-0.2, 0) is 4.79 Å². The van der Waals surface area contributed by atoms with E-state index in [0.29, 0.717) is 16.7 Å². The Labute approximate surface area is 180 Å². The van der Waals surface area contributed by atoms with Gasteiger partial charge in [0.05, 0.1) is 10.9 Å². The fraction of sp³-hybridized carbons (Fsp3) is 0.476. The van der Waals surface area contributed by atoms with E-state index in [0.717, 1.165) is 41.8 Å². The second-order valence-electron chi connectivity index (χ2n) is 6.88. The fourth-order valence-electron chi connectivity index (χ4n) is 2.03. The summed E-state index contributed by atoms with van der Waals surface area (Å²) in [5.41, 5.74) is 1.09. The summed E-state index contributed by atoms with van der Waals surface area (Å²) in [7, 11) is 0. The molecular formula is C21H29F3N2OS2. The van der Waals surface area contributed by atoms with E-state index in [2.05, 4.69) is 23.9 Å². The van der Waals surface area contributed by atoms with Crippen molar-refractivity contribution in [3.63, 3.8) is 0 Å². The molecular weight excluding hydrogens is 417 g/mol. The summed E-state index contributed by atoms with van der Waals surface area (Å²) in [6, 6.07) is 7.58. The molecule has 0 spiro atoms. The molecule has 0 aromatic heterocycles. The molecule has 0 saturated heterocycles. The summed E-state index contributed by atoms with van der Waals surface area (Å²) >= 11 is 2.49. The zero-order valence-electron chi connectivity index (χ0n) is 17.4. The average Bonchev–Trinajstić information content (AvgIpc) is 2.67. The molecule has 162 valence electrons. The van der Waals surface area contributed by atoms with E-state index in [4.69, 9.17) is 0 Å². The highest BCUT2D eigenvalue weighted by atomic mass is 32.2. The third-order valence-electron chi connectivity index (χ3n) is 3.89. The van der Waals surface area contributed by atoms with Crippen molar-refractivity contribution in [2.75, 3.05) is 4.72 Å². The molecule has 2 N–H and O–H groups in total. The number of nitrogens with one attached hydrogen (secondary N) is 2. The van der Waals surface area contributed by atoms with Crippen LogP contribution in [0.4, 0.5) is 18.9 Å². The number of halogens is 3. The van der Waals surface area contributed by atoms with Gasteiger partial charge in [0, 0.05) is 16.5 Å². The first kappa shape index (κ1) is 25.5. The van der Waals surface area contributed by atoms with Gasteiger partial charge in [0.15, 0.2) is 0 Å². The van der Waals surface area contributed by atoms with Crippen LogP contribution >= 0.6 is 23.7 Å². The van der Waals surface area contributed by atoms with Gasteiger partial charge in [-0.1, -0.05) is 57.2 Å². The number of allylic oxidation sites excluding steroid dienone is 2. The highest BCUT2D eigenvalue weighted by Crippen LogP contribution is 2.29. The van der Waals surface area contributed by atoms with Gasteiger partial charge in [-0.05, 0) is 55.3 Å². The Balaban J connectivity index is 2.80. The normalized spacial score (nSPS) is 14.1. The van der Waals surface area contributed by atoms with E-state index in [1.807, 2.05) is 31.2 Å². The lowest BCUT2D eigenvalue weighted by Crippen LogP contribution is -2.26. The minimum Gasteiger partial charge on any atom is -0.330 e. The predicted octanol–water partition coefficient (Wildman–Crippen LogP) is 7.22. The van der Waals surface area contributed by atoms with Crippen LogP contribution in [0.1, 0.15) is 58.9 Å². The van der Waals surface area contributed by atoms with Crippen LogP contribution in [0.5, 0.6) is 0 Å². The Hall–Kier alpha value is -1.54. The second kappa shape index (κ2) is 12.2. The highest BCUT2D eigenvalue weighted by Gasteiger charge is 2.30. The maximum absolute atomic E-state index is 12.7. The average molecular weight is 447 g/mol. The highest BCUT2D eigenvalue weighted by molar-refractivity contribution is 8.05. The first-order valence-electron chi connectivity index (χ1n) is 9.47. The molecule has 1 aromatic carbocycles. The monoisotopic (exact) mass is 446 g/mol. The van der Waals surface area contributed by atoms with Crippen molar-refractivity contribution in [3.05, 3.63) is 51.9 Å². The number of carbonyl (C=O) groups is 1. The van der Waals surface area contributed by atoms with Crippen LogP contribution < -0.4 is 10.0 Å². The minimum absolute atomic E-state index is 0.254. The van der Waals surface area contributed by atoms with Crippen molar-refractivity contribution < 1.29 is 18.0 Å². The van der Waals surface area contributed by atoms with Gasteiger partial charge in [-0.3, -0.25) is 4.79 Å². The molecule has 0 aliphatic heterocycles. The molecule has 8 heteroatoms. The number of hydrogen-bond donors (Lipinski definition) is 2. The van der Waals surface area contributed by atoms with Crippen LogP contribution in [0.3, 0.4) is 0 Å². The van der Waals surface area contributed by atoms with E-state index in [-0.39, 0.29) is 5.91 Å². The first-order chi connectivity index (χ1) is 13.5. The maximum atomic E-state index is 12.7. The van der Waals surface area contributed by atoms with Gasteiger partial charge in [-0.2, -0.15) is 13.2 Å². The Bertz CT molecular complexity index is 714. The number of anilines is 1. The van der Waals surface area contributed by atoms with Gasteiger partial charge in [-0.25, -0.2) is 0 Å². The topological polar surface area (TPSA) is 41.1 Å². The van der Waals surface area contributed by atoms with Crippen LogP contribution in [0.25, 0.3) is 0 Å². The van der Waals surface area contributed by atoms with Crippen LogP contribution in [0, 0.1) is 0 Å². The first-order valence-corrected chi connectivity index (χ1v) is 11.2. The Kier molecular flexibility index (Phi) is 10.7. The van der Waals surface area contributed by atoms with Crippen molar-refractivity contribution in [2.24, 2.45) is 0 Å². The van der Waals surface area contributed by atoms with E-state index in [1.54, 1.807) is 24.9 Å². The van der Waals surface area contributed by atoms with Crippen molar-refractivity contribution >= 4 is 35.3 Å². The van der Waals surface area contributed by atoms with Gasteiger partial charge < -0.3 is 10.0 Å². The standard InChI is InChI=1S/C21H29F3N2OS2/c1-6-7-8-19(28-13-15(4)21(22,23)24)25-20(27)16(5)17-9-11-18(12-10-17)26-29-14(2)3/h8-14,16,26H,6-7H2,1-5H3,(H,25,27)/b15-13+,19-8+. The molecule has 0 saturated carbocycles. The summed E-state index contributed by atoms with van der Waals surface area (Å²) in [6.45, 7) is 8.94. The SMILES string of the molecule is CCC/C=C(\NC(=O)C(C)c1ccc(NSC(C)C)cc1)S/C=C(\C)C(F)(F)F. The Morgan fingerprint density at radius 2 is 1.79 bits per heavy atom. The number of thioether (sulfide) groups is 1. The third-order valence-corrected chi connectivity index (χ3v) is 5.71. The summed E-state index contributed by atoms with van der Waals surface area (Å²) in [5, 5.41) is 4.65. The van der Waals surface area contributed by atoms with Crippen LogP contribution in [0.15, 0.2) is 46.4 Å². The van der Waals surface area contributed by atoms with Crippen LogP contribution in [0.2, 0.25) is 0 Å². The fourth-order valence-corrected chi connectivity index (χ4v) is 3.35. The van der Waals surface area contributed by atoms with Gasteiger partial charge >= 0.3 is 6.18 Å². The zero-order chi connectivity index (χ0) is 22.0. The minimum atomic E-state index is -4.37. The van der Waals surface area contributed by atoms with E-state index >= 15 is 0 Å². The van der Waals surface area contributed by atoms with Crippen molar-refractivity contribution in [3.8, 4) is 0 Å². The molecule has 0 aliphatic carbocycles. The smallest absolute Gasteiger partial charge is 0.330 e.